The van der Waals surface area contributed by atoms with Gasteiger partial charge in [0.2, 0.25) is 0 Å². The van der Waals surface area contributed by atoms with Crippen LogP contribution in [0.25, 0.3) is 0 Å². The number of likely N-dealkylation sites (tertiary alicyclic amines) is 1. The van der Waals surface area contributed by atoms with E-state index < -0.39 is 0 Å². The molecule has 2 heteroatoms. The molecular formula is C10H14N2. The molecule has 0 radical (unpaired) electrons. The van der Waals surface area contributed by atoms with Crippen molar-refractivity contribution in [2.24, 2.45) is 0 Å². The Kier molecular flexibility index (Phi) is 2.09. The van der Waals surface area contributed by atoms with Crippen LogP contribution in [0.2, 0.25) is 0 Å². The van der Waals surface area contributed by atoms with Crippen molar-refractivity contribution in [3.8, 4) is 0 Å². The van der Waals surface area contributed by atoms with Gasteiger partial charge in [0.05, 0.1) is 5.69 Å². The fourth-order valence-electron chi connectivity index (χ4n) is 1.45. The van der Waals surface area contributed by atoms with Crippen molar-refractivity contribution < 1.29 is 0 Å². The van der Waals surface area contributed by atoms with E-state index in [-0.39, 0.29) is 0 Å². The molecule has 0 atom stereocenters. The number of aryl methyl sites for hydroxylation is 1. The maximum atomic E-state index is 4.32. The Morgan fingerprint density at radius 1 is 1.50 bits per heavy atom. The van der Waals surface area contributed by atoms with Gasteiger partial charge in [0, 0.05) is 12.7 Å². The summed E-state index contributed by atoms with van der Waals surface area (Å²) in [7, 11) is 0. The van der Waals surface area contributed by atoms with Gasteiger partial charge in [-0.05, 0) is 44.1 Å². The molecule has 1 aliphatic heterocycles. The van der Waals surface area contributed by atoms with Crippen LogP contribution in [0.1, 0.15) is 17.7 Å². The molecule has 0 aliphatic carbocycles. The van der Waals surface area contributed by atoms with E-state index in [1.807, 2.05) is 12.3 Å². The monoisotopic (exact) mass is 162 g/mol. The summed E-state index contributed by atoms with van der Waals surface area (Å²) in [5.41, 5.74) is 2.51. The first kappa shape index (κ1) is 7.74. The molecule has 2 heterocycles. The molecule has 0 spiro atoms. The fourth-order valence-corrected chi connectivity index (χ4v) is 1.45. The molecule has 0 aromatic carbocycles. The van der Waals surface area contributed by atoms with Gasteiger partial charge in [0.25, 0.3) is 0 Å². The molecule has 12 heavy (non-hydrogen) atoms. The third-order valence-corrected chi connectivity index (χ3v) is 2.31. The number of hydrogen-bond donors (Lipinski definition) is 0. The highest BCUT2D eigenvalue weighted by Crippen LogP contribution is 2.10. The third-order valence-electron chi connectivity index (χ3n) is 2.31. The first-order valence-corrected chi connectivity index (χ1v) is 4.48. The van der Waals surface area contributed by atoms with E-state index >= 15 is 0 Å². The number of rotatable bonds is 2. The van der Waals surface area contributed by atoms with Crippen LogP contribution in [0.3, 0.4) is 0 Å². The van der Waals surface area contributed by atoms with E-state index in [2.05, 4.69) is 22.9 Å². The van der Waals surface area contributed by atoms with Gasteiger partial charge >= 0.3 is 0 Å². The zero-order valence-electron chi connectivity index (χ0n) is 7.45. The smallest absolute Gasteiger partial charge is 0.0546 e. The first-order chi connectivity index (χ1) is 5.84. The average molecular weight is 162 g/mol. The van der Waals surface area contributed by atoms with Crippen molar-refractivity contribution in [1.29, 1.82) is 0 Å². The summed E-state index contributed by atoms with van der Waals surface area (Å²) in [4.78, 5) is 6.74. The van der Waals surface area contributed by atoms with E-state index in [0.29, 0.717) is 0 Å². The Bertz CT molecular complexity index is 266. The molecule has 1 aliphatic rings. The van der Waals surface area contributed by atoms with Crippen LogP contribution in [0.15, 0.2) is 18.3 Å². The van der Waals surface area contributed by atoms with Crippen LogP contribution in [0.5, 0.6) is 0 Å². The van der Waals surface area contributed by atoms with Gasteiger partial charge in [-0.1, -0.05) is 0 Å². The lowest BCUT2D eigenvalue weighted by Crippen LogP contribution is -2.36. The van der Waals surface area contributed by atoms with E-state index in [0.717, 1.165) is 6.54 Å². The van der Waals surface area contributed by atoms with Crippen LogP contribution in [-0.4, -0.2) is 23.0 Å². The van der Waals surface area contributed by atoms with Crippen molar-refractivity contribution in [3.05, 3.63) is 29.6 Å². The summed E-state index contributed by atoms with van der Waals surface area (Å²) in [6.07, 6.45) is 3.25. The number of pyridine rings is 1. The molecular weight excluding hydrogens is 148 g/mol. The van der Waals surface area contributed by atoms with Crippen LogP contribution < -0.4 is 0 Å². The van der Waals surface area contributed by atoms with E-state index in [9.17, 15) is 0 Å². The Morgan fingerprint density at radius 3 is 2.92 bits per heavy atom. The highest BCUT2D eigenvalue weighted by atomic mass is 15.2. The van der Waals surface area contributed by atoms with Crippen LogP contribution in [0.4, 0.5) is 0 Å². The second kappa shape index (κ2) is 3.23. The molecule has 0 N–H and O–H groups in total. The van der Waals surface area contributed by atoms with Crippen molar-refractivity contribution >= 4 is 0 Å². The summed E-state index contributed by atoms with van der Waals surface area (Å²) < 4.78 is 0. The molecule has 0 saturated carbocycles. The summed E-state index contributed by atoms with van der Waals surface area (Å²) in [6, 6.07) is 4.21. The standard InChI is InChI=1S/C10H14N2/c1-9-3-4-11-10(7-9)8-12-5-2-6-12/h3-4,7H,2,5-6,8H2,1H3. The lowest BCUT2D eigenvalue weighted by Gasteiger charge is -2.30. The average Bonchev–Trinajstić information content (AvgIpc) is 1.97. The van der Waals surface area contributed by atoms with Crippen LogP contribution in [-0.2, 0) is 6.54 Å². The molecule has 0 amide bonds. The molecule has 0 bridgehead atoms. The molecule has 1 aromatic rings. The predicted molar refractivity (Wildman–Crippen MR) is 48.9 cm³/mol. The Hall–Kier alpha value is -0.890. The van der Waals surface area contributed by atoms with Gasteiger partial charge in [0.1, 0.15) is 0 Å². The SMILES string of the molecule is Cc1ccnc(CN2CCC2)c1. The Balaban J connectivity index is 2.02. The maximum absolute atomic E-state index is 4.32. The largest absolute Gasteiger partial charge is 0.297 e. The lowest BCUT2D eigenvalue weighted by atomic mass is 10.2. The lowest BCUT2D eigenvalue weighted by molar-refractivity contribution is 0.170. The topological polar surface area (TPSA) is 16.1 Å². The second-order valence-electron chi connectivity index (χ2n) is 3.45. The molecule has 1 fully saturated rings. The van der Waals surface area contributed by atoms with E-state index in [1.165, 1.54) is 30.8 Å². The molecule has 2 rings (SSSR count). The van der Waals surface area contributed by atoms with E-state index in [1.54, 1.807) is 0 Å². The number of aromatic nitrogens is 1. The number of nitrogens with zero attached hydrogens (tertiary/aromatic N) is 2. The van der Waals surface area contributed by atoms with Gasteiger partial charge in [0.15, 0.2) is 0 Å². The quantitative estimate of drug-likeness (QED) is 0.656. The zero-order chi connectivity index (χ0) is 8.39. The molecule has 1 saturated heterocycles. The zero-order valence-corrected chi connectivity index (χ0v) is 7.45. The summed E-state index contributed by atoms with van der Waals surface area (Å²) in [5, 5.41) is 0. The van der Waals surface area contributed by atoms with Crippen molar-refractivity contribution in [2.45, 2.75) is 19.9 Å². The minimum Gasteiger partial charge on any atom is -0.297 e. The van der Waals surface area contributed by atoms with Gasteiger partial charge in [-0.25, -0.2) is 0 Å². The van der Waals surface area contributed by atoms with Gasteiger partial charge in [-0.3, -0.25) is 9.88 Å². The summed E-state index contributed by atoms with van der Waals surface area (Å²) in [5.74, 6) is 0. The Labute approximate surface area is 73.2 Å². The summed E-state index contributed by atoms with van der Waals surface area (Å²) >= 11 is 0. The first-order valence-electron chi connectivity index (χ1n) is 4.48. The predicted octanol–water partition coefficient (Wildman–Crippen LogP) is 1.60. The molecule has 64 valence electrons. The number of hydrogen-bond acceptors (Lipinski definition) is 2. The van der Waals surface area contributed by atoms with Crippen molar-refractivity contribution in [2.75, 3.05) is 13.1 Å². The second-order valence-corrected chi connectivity index (χ2v) is 3.45. The highest BCUT2D eigenvalue weighted by Gasteiger charge is 2.13. The van der Waals surface area contributed by atoms with Gasteiger partial charge in [-0.2, -0.15) is 0 Å². The van der Waals surface area contributed by atoms with E-state index in [4.69, 9.17) is 0 Å². The summed E-state index contributed by atoms with van der Waals surface area (Å²) in [6.45, 7) is 5.63. The van der Waals surface area contributed by atoms with Crippen LogP contribution in [0, 0.1) is 6.92 Å². The molecule has 0 unspecified atom stereocenters. The molecule has 1 aromatic heterocycles. The maximum Gasteiger partial charge on any atom is 0.0546 e. The van der Waals surface area contributed by atoms with Gasteiger partial charge < -0.3 is 0 Å². The minimum absolute atomic E-state index is 1.03. The Morgan fingerprint density at radius 2 is 2.33 bits per heavy atom. The third kappa shape index (κ3) is 1.64. The normalized spacial score (nSPS) is 17.4. The highest BCUT2D eigenvalue weighted by molar-refractivity contribution is 5.14. The fraction of sp³-hybridized carbons (Fsp3) is 0.500. The van der Waals surface area contributed by atoms with Crippen molar-refractivity contribution in [3.63, 3.8) is 0 Å². The van der Waals surface area contributed by atoms with Crippen LogP contribution >= 0.6 is 0 Å². The van der Waals surface area contributed by atoms with Crippen molar-refractivity contribution in [1.82, 2.24) is 9.88 Å². The minimum atomic E-state index is 1.03. The van der Waals surface area contributed by atoms with Gasteiger partial charge in [-0.15, -0.1) is 0 Å². The molecule has 2 nitrogen and oxygen atoms in total.